The molecule has 1 aliphatic rings. The monoisotopic (exact) mass is 462 g/mol. The van der Waals surface area contributed by atoms with E-state index >= 15 is 0 Å². The molecule has 178 valence electrons. The Bertz CT molecular complexity index is 956. The lowest BCUT2D eigenvalue weighted by molar-refractivity contribution is -0.302. The Hall–Kier alpha value is -3.15. The second-order valence-electron chi connectivity index (χ2n) is 7.48. The Labute approximate surface area is 189 Å². The van der Waals surface area contributed by atoms with E-state index in [9.17, 15) is 35.4 Å². The van der Waals surface area contributed by atoms with Crippen LogP contribution in [0.3, 0.4) is 0 Å². The molecule has 1 heterocycles. The molecule has 3 rings (SSSR count). The molecule has 0 bridgehead atoms. The van der Waals surface area contributed by atoms with Crippen molar-refractivity contribution in [3.63, 3.8) is 0 Å². The van der Waals surface area contributed by atoms with Crippen molar-refractivity contribution in [2.24, 2.45) is 0 Å². The van der Waals surface area contributed by atoms with E-state index in [0.29, 0.717) is 17.5 Å². The third kappa shape index (κ3) is 6.44. The molecule has 0 aromatic heterocycles. The van der Waals surface area contributed by atoms with Crippen LogP contribution in [0.5, 0.6) is 17.2 Å². The van der Waals surface area contributed by atoms with Gasteiger partial charge in [-0.15, -0.1) is 0 Å². The first-order valence-corrected chi connectivity index (χ1v) is 10.2. The summed E-state index contributed by atoms with van der Waals surface area (Å²) in [5, 5.41) is 58.6. The Morgan fingerprint density at radius 1 is 1.00 bits per heavy atom. The first-order chi connectivity index (χ1) is 15.8. The maximum atomic E-state index is 12.2. The number of benzene rings is 2. The van der Waals surface area contributed by atoms with Gasteiger partial charge in [0.2, 0.25) is 0 Å². The van der Waals surface area contributed by atoms with E-state index in [-0.39, 0.29) is 23.9 Å². The number of ether oxygens (including phenoxy) is 3. The Balaban J connectivity index is 1.55. The van der Waals surface area contributed by atoms with E-state index in [1.165, 1.54) is 30.3 Å². The standard InChI is InChI=1S/C23H26O10/c24-12-18-22(33-19(28)8-4-13-1-5-15(25)6-2-13)20(29)21(30)23(32-18)31-10-9-14-3-7-16(26)17(27)11-14/h1-8,11,18,20-27,29-30H,9-10,12H2. The lowest BCUT2D eigenvalue weighted by atomic mass is 9.99. The summed E-state index contributed by atoms with van der Waals surface area (Å²) in [7, 11) is 0. The zero-order valence-corrected chi connectivity index (χ0v) is 17.5. The molecule has 6 N–H and O–H groups in total. The number of aromatic hydroxyl groups is 3. The summed E-state index contributed by atoms with van der Waals surface area (Å²) in [6.07, 6.45) is -4.05. The fraction of sp³-hybridized carbons (Fsp3) is 0.348. The van der Waals surface area contributed by atoms with Crippen molar-refractivity contribution >= 4 is 12.0 Å². The lowest BCUT2D eigenvalue weighted by Crippen LogP contribution is -2.60. The van der Waals surface area contributed by atoms with Crippen molar-refractivity contribution in [3.05, 3.63) is 59.7 Å². The van der Waals surface area contributed by atoms with Crippen LogP contribution in [0.25, 0.3) is 6.08 Å². The summed E-state index contributed by atoms with van der Waals surface area (Å²) in [5.41, 5.74) is 1.28. The third-order valence-electron chi connectivity index (χ3n) is 5.09. The number of rotatable bonds is 8. The SMILES string of the molecule is O=C(C=Cc1ccc(O)cc1)OC1C(CO)OC(OCCc2ccc(O)c(O)c2)C(O)C1O. The molecule has 2 aromatic rings. The number of hydrogen-bond donors (Lipinski definition) is 6. The minimum atomic E-state index is -1.58. The topological polar surface area (TPSA) is 166 Å². The van der Waals surface area contributed by atoms with E-state index in [0.717, 1.165) is 6.08 Å². The number of esters is 1. The van der Waals surface area contributed by atoms with Crippen molar-refractivity contribution in [1.29, 1.82) is 0 Å². The third-order valence-corrected chi connectivity index (χ3v) is 5.09. The fourth-order valence-corrected chi connectivity index (χ4v) is 3.28. The molecule has 1 aliphatic heterocycles. The van der Waals surface area contributed by atoms with Gasteiger partial charge in [-0.3, -0.25) is 0 Å². The van der Waals surface area contributed by atoms with Gasteiger partial charge < -0.3 is 44.8 Å². The summed E-state index contributed by atoms with van der Waals surface area (Å²) in [5.74, 6) is -1.28. The Morgan fingerprint density at radius 2 is 1.73 bits per heavy atom. The molecule has 0 amide bonds. The highest BCUT2D eigenvalue weighted by Gasteiger charge is 2.46. The van der Waals surface area contributed by atoms with Crippen LogP contribution in [0.2, 0.25) is 0 Å². The van der Waals surface area contributed by atoms with E-state index in [2.05, 4.69) is 0 Å². The number of aliphatic hydroxyl groups is 3. The van der Waals surface area contributed by atoms with E-state index < -0.39 is 43.3 Å². The smallest absolute Gasteiger partial charge is 0.331 e. The maximum Gasteiger partial charge on any atom is 0.331 e. The minimum Gasteiger partial charge on any atom is -0.508 e. The first kappa shape index (κ1) is 24.5. The average molecular weight is 462 g/mol. The molecular formula is C23H26O10. The molecule has 0 aliphatic carbocycles. The van der Waals surface area contributed by atoms with Gasteiger partial charge in [-0.05, 0) is 47.9 Å². The number of phenolic OH excluding ortho intramolecular Hbond substituents is 3. The van der Waals surface area contributed by atoms with Crippen molar-refractivity contribution in [1.82, 2.24) is 0 Å². The van der Waals surface area contributed by atoms with Gasteiger partial charge in [0.05, 0.1) is 13.2 Å². The van der Waals surface area contributed by atoms with Crippen LogP contribution >= 0.6 is 0 Å². The van der Waals surface area contributed by atoms with Crippen molar-refractivity contribution < 1.29 is 49.6 Å². The summed E-state index contributed by atoms with van der Waals surface area (Å²) < 4.78 is 16.2. The average Bonchev–Trinajstić information content (AvgIpc) is 2.80. The van der Waals surface area contributed by atoms with Crippen LogP contribution in [0.15, 0.2) is 48.5 Å². The van der Waals surface area contributed by atoms with E-state index in [4.69, 9.17) is 14.2 Å². The molecule has 5 unspecified atom stereocenters. The number of aliphatic hydroxyl groups excluding tert-OH is 3. The van der Waals surface area contributed by atoms with Crippen molar-refractivity contribution in [3.8, 4) is 17.2 Å². The molecule has 1 saturated heterocycles. The highest BCUT2D eigenvalue weighted by Crippen LogP contribution is 2.27. The number of phenols is 3. The molecule has 33 heavy (non-hydrogen) atoms. The van der Waals surface area contributed by atoms with Crippen molar-refractivity contribution in [2.75, 3.05) is 13.2 Å². The maximum absolute atomic E-state index is 12.2. The molecule has 5 atom stereocenters. The van der Waals surface area contributed by atoms with Crippen LogP contribution in [-0.2, 0) is 25.4 Å². The molecular weight excluding hydrogens is 436 g/mol. The first-order valence-electron chi connectivity index (χ1n) is 10.2. The van der Waals surface area contributed by atoms with Gasteiger partial charge in [-0.1, -0.05) is 18.2 Å². The van der Waals surface area contributed by atoms with Crippen LogP contribution in [0.4, 0.5) is 0 Å². The predicted molar refractivity (Wildman–Crippen MR) is 114 cm³/mol. The highest BCUT2D eigenvalue weighted by atomic mass is 16.7. The van der Waals surface area contributed by atoms with Crippen LogP contribution < -0.4 is 0 Å². The van der Waals surface area contributed by atoms with Crippen LogP contribution in [-0.4, -0.2) is 80.5 Å². The molecule has 1 fully saturated rings. The molecule has 0 spiro atoms. The largest absolute Gasteiger partial charge is 0.508 e. The molecule has 0 radical (unpaired) electrons. The van der Waals surface area contributed by atoms with Gasteiger partial charge in [0, 0.05) is 6.08 Å². The Morgan fingerprint density at radius 3 is 2.39 bits per heavy atom. The minimum absolute atomic E-state index is 0.0383. The summed E-state index contributed by atoms with van der Waals surface area (Å²) in [4.78, 5) is 12.2. The summed E-state index contributed by atoms with van der Waals surface area (Å²) in [6, 6.07) is 10.3. The zero-order valence-electron chi connectivity index (χ0n) is 17.5. The van der Waals surface area contributed by atoms with Crippen LogP contribution in [0.1, 0.15) is 11.1 Å². The quantitative estimate of drug-likeness (QED) is 0.184. The van der Waals surface area contributed by atoms with Gasteiger partial charge in [-0.2, -0.15) is 0 Å². The van der Waals surface area contributed by atoms with Crippen molar-refractivity contribution in [2.45, 2.75) is 37.1 Å². The zero-order chi connectivity index (χ0) is 24.0. The van der Waals surface area contributed by atoms with Gasteiger partial charge in [-0.25, -0.2) is 4.79 Å². The Kier molecular flexibility index (Phi) is 8.26. The molecule has 10 nitrogen and oxygen atoms in total. The normalized spacial score (nSPS) is 25.2. The second kappa shape index (κ2) is 11.1. The number of carbonyl (C=O) groups excluding carboxylic acids is 1. The van der Waals surface area contributed by atoms with E-state index in [1.807, 2.05) is 0 Å². The summed E-state index contributed by atoms with van der Waals surface area (Å²) >= 11 is 0. The molecule has 2 aromatic carbocycles. The summed E-state index contributed by atoms with van der Waals surface area (Å²) in [6.45, 7) is -0.564. The van der Waals surface area contributed by atoms with Gasteiger partial charge in [0.15, 0.2) is 23.9 Å². The second-order valence-corrected chi connectivity index (χ2v) is 7.48. The highest BCUT2D eigenvalue weighted by molar-refractivity contribution is 5.87. The van der Waals surface area contributed by atoms with Gasteiger partial charge in [0.25, 0.3) is 0 Å². The lowest BCUT2D eigenvalue weighted by Gasteiger charge is -2.41. The van der Waals surface area contributed by atoms with Crippen LogP contribution in [0, 0.1) is 0 Å². The fourth-order valence-electron chi connectivity index (χ4n) is 3.28. The predicted octanol–water partition coefficient (Wildman–Crippen LogP) is 0.427. The molecule has 10 heteroatoms. The van der Waals surface area contributed by atoms with E-state index in [1.54, 1.807) is 18.2 Å². The number of carbonyl (C=O) groups is 1. The number of hydrogen-bond acceptors (Lipinski definition) is 10. The molecule has 0 saturated carbocycles. The van der Waals surface area contributed by atoms with Gasteiger partial charge >= 0.3 is 5.97 Å². The van der Waals surface area contributed by atoms with Gasteiger partial charge in [0.1, 0.15) is 24.1 Å².